The Balaban J connectivity index is 2.22. The summed E-state index contributed by atoms with van der Waals surface area (Å²) in [4.78, 5) is 11.4. The molecule has 0 fully saturated rings. The number of benzene rings is 1. The maximum Gasteiger partial charge on any atom is 0.341 e. The largest absolute Gasteiger partial charge is 0.465 e. The summed E-state index contributed by atoms with van der Waals surface area (Å²) in [5, 5.41) is 2.83. The van der Waals surface area contributed by atoms with Crippen molar-refractivity contribution in [1.82, 2.24) is 4.37 Å². The van der Waals surface area contributed by atoms with Gasteiger partial charge in [-0.3, -0.25) is 0 Å². The van der Waals surface area contributed by atoms with Crippen molar-refractivity contribution in [3.8, 4) is 0 Å². The number of carbonyl (C=O) groups is 1. The molecule has 0 N–H and O–H groups in total. The third-order valence-corrected chi connectivity index (χ3v) is 2.80. The molecular formula is C12H10NO2S. The van der Waals surface area contributed by atoms with Gasteiger partial charge >= 0.3 is 5.97 Å². The Labute approximate surface area is 97.9 Å². The maximum absolute atomic E-state index is 11.4. The van der Waals surface area contributed by atoms with E-state index in [0.717, 1.165) is 22.8 Å². The van der Waals surface area contributed by atoms with Gasteiger partial charge < -0.3 is 4.74 Å². The average Bonchev–Trinajstić information content (AvgIpc) is 2.77. The second-order valence-corrected chi connectivity index (χ2v) is 3.83. The molecule has 0 saturated heterocycles. The molecule has 0 atom stereocenters. The Bertz CT molecular complexity index is 479. The van der Waals surface area contributed by atoms with E-state index in [1.165, 1.54) is 7.11 Å². The van der Waals surface area contributed by atoms with Crippen LogP contribution in [0.15, 0.2) is 30.3 Å². The molecule has 1 radical (unpaired) electrons. The number of rotatable bonds is 3. The lowest BCUT2D eigenvalue weighted by molar-refractivity contribution is 0.0599. The van der Waals surface area contributed by atoms with Crippen LogP contribution in [-0.2, 0) is 11.2 Å². The summed E-state index contributed by atoms with van der Waals surface area (Å²) in [6.07, 6.45) is 0.630. The van der Waals surface area contributed by atoms with Gasteiger partial charge in [-0.25, -0.2) is 4.79 Å². The van der Waals surface area contributed by atoms with Gasteiger partial charge in [0, 0.05) is 6.42 Å². The van der Waals surface area contributed by atoms with E-state index in [2.05, 4.69) is 14.5 Å². The first kappa shape index (κ1) is 10.8. The Morgan fingerprint density at radius 2 is 2.19 bits per heavy atom. The summed E-state index contributed by atoms with van der Waals surface area (Å²) in [7, 11) is 1.36. The van der Waals surface area contributed by atoms with Crippen molar-refractivity contribution >= 4 is 17.5 Å². The number of hydrogen-bond donors (Lipinski definition) is 0. The molecule has 81 valence electrons. The van der Waals surface area contributed by atoms with Crippen molar-refractivity contribution in [2.45, 2.75) is 6.42 Å². The molecule has 4 heteroatoms. The molecule has 0 bridgehead atoms. The lowest BCUT2D eigenvalue weighted by atomic mass is 10.1. The van der Waals surface area contributed by atoms with E-state index >= 15 is 0 Å². The predicted octanol–water partition coefficient (Wildman–Crippen LogP) is 2.32. The fraction of sp³-hybridized carbons (Fsp3) is 0.167. The van der Waals surface area contributed by atoms with Gasteiger partial charge in [0.15, 0.2) is 0 Å². The van der Waals surface area contributed by atoms with Gasteiger partial charge in [0.25, 0.3) is 0 Å². The Hall–Kier alpha value is -1.68. The van der Waals surface area contributed by atoms with Crippen LogP contribution in [0.3, 0.4) is 0 Å². The molecule has 0 amide bonds. The van der Waals surface area contributed by atoms with Gasteiger partial charge in [0.05, 0.1) is 18.2 Å². The van der Waals surface area contributed by atoms with E-state index in [0.29, 0.717) is 12.0 Å². The fourth-order valence-electron chi connectivity index (χ4n) is 1.40. The quantitative estimate of drug-likeness (QED) is 0.762. The highest BCUT2D eigenvalue weighted by Crippen LogP contribution is 2.15. The topological polar surface area (TPSA) is 39.2 Å². The van der Waals surface area contributed by atoms with E-state index in [4.69, 9.17) is 0 Å². The predicted molar refractivity (Wildman–Crippen MR) is 61.5 cm³/mol. The smallest absolute Gasteiger partial charge is 0.341 e. The Kier molecular flexibility index (Phi) is 3.31. The minimum Gasteiger partial charge on any atom is -0.465 e. The highest BCUT2D eigenvalue weighted by molar-refractivity contribution is 7.03. The Morgan fingerprint density at radius 1 is 1.44 bits per heavy atom. The summed E-state index contributed by atoms with van der Waals surface area (Å²) in [6.45, 7) is 0. The molecule has 0 aliphatic heterocycles. The highest BCUT2D eigenvalue weighted by atomic mass is 32.1. The minimum atomic E-state index is -0.375. The van der Waals surface area contributed by atoms with Crippen molar-refractivity contribution in [3.05, 3.63) is 52.5 Å². The minimum absolute atomic E-state index is 0.375. The molecule has 0 saturated carbocycles. The van der Waals surface area contributed by atoms with Gasteiger partial charge in [0.1, 0.15) is 5.56 Å². The molecule has 0 aliphatic rings. The van der Waals surface area contributed by atoms with Gasteiger partial charge in [0.2, 0.25) is 0 Å². The number of aromatic nitrogens is 1. The van der Waals surface area contributed by atoms with Gasteiger partial charge in [-0.05, 0) is 17.1 Å². The van der Waals surface area contributed by atoms with Crippen LogP contribution in [0.4, 0.5) is 0 Å². The number of methoxy groups -OCH3 is 1. The van der Waals surface area contributed by atoms with Crippen LogP contribution in [0.25, 0.3) is 0 Å². The lowest BCUT2D eigenvalue weighted by Gasteiger charge is -2.00. The van der Waals surface area contributed by atoms with Crippen molar-refractivity contribution in [1.29, 1.82) is 0 Å². The highest BCUT2D eigenvalue weighted by Gasteiger charge is 2.15. The summed E-state index contributed by atoms with van der Waals surface area (Å²) in [6, 6.07) is 9.88. The SMILES string of the molecule is COC(=O)c1[c]snc1Cc1ccccc1. The number of esters is 1. The van der Waals surface area contributed by atoms with Gasteiger partial charge in [-0.15, -0.1) is 0 Å². The van der Waals surface area contributed by atoms with E-state index in [-0.39, 0.29) is 5.97 Å². The molecule has 1 heterocycles. The zero-order valence-electron chi connectivity index (χ0n) is 8.77. The van der Waals surface area contributed by atoms with Crippen molar-refractivity contribution < 1.29 is 9.53 Å². The molecule has 3 nitrogen and oxygen atoms in total. The zero-order chi connectivity index (χ0) is 11.4. The molecule has 0 unspecified atom stereocenters. The molecule has 0 aliphatic carbocycles. The van der Waals surface area contributed by atoms with Crippen LogP contribution in [0.1, 0.15) is 21.6 Å². The molecule has 16 heavy (non-hydrogen) atoms. The summed E-state index contributed by atoms with van der Waals surface area (Å²) in [5.74, 6) is -0.375. The number of ether oxygens (including phenoxy) is 1. The molecule has 2 aromatic rings. The number of nitrogens with zero attached hydrogens (tertiary/aromatic N) is 1. The van der Waals surface area contributed by atoms with E-state index in [1.54, 1.807) is 0 Å². The maximum atomic E-state index is 11.4. The van der Waals surface area contributed by atoms with Crippen molar-refractivity contribution in [2.75, 3.05) is 7.11 Å². The van der Waals surface area contributed by atoms with Crippen LogP contribution < -0.4 is 0 Å². The molecule has 2 rings (SSSR count). The number of carbonyl (C=O) groups excluding carboxylic acids is 1. The second-order valence-electron chi connectivity index (χ2n) is 3.26. The van der Waals surface area contributed by atoms with Crippen molar-refractivity contribution in [2.24, 2.45) is 0 Å². The van der Waals surface area contributed by atoms with Crippen LogP contribution in [0.2, 0.25) is 0 Å². The van der Waals surface area contributed by atoms with E-state index < -0.39 is 0 Å². The van der Waals surface area contributed by atoms with Crippen LogP contribution >= 0.6 is 11.5 Å². The van der Waals surface area contributed by atoms with Crippen LogP contribution in [-0.4, -0.2) is 17.5 Å². The molecular weight excluding hydrogens is 222 g/mol. The van der Waals surface area contributed by atoms with Crippen LogP contribution in [0, 0.1) is 5.38 Å². The average molecular weight is 232 g/mol. The summed E-state index contributed by atoms with van der Waals surface area (Å²) < 4.78 is 8.84. The molecule has 0 spiro atoms. The first-order valence-electron chi connectivity index (χ1n) is 4.79. The fourth-order valence-corrected chi connectivity index (χ4v) is 2.00. The summed E-state index contributed by atoms with van der Waals surface area (Å²) >= 11 is 1.15. The number of hydrogen-bond acceptors (Lipinski definition) is 4. The zero-order valence-corrected chi connectivity index (χ0v) is 9.58. The lowest BCUT2D eigenvalue weighted by Crippen LogP contribution is -2.04. The van der Waals surface area contributed by atoms with E-state index in [9.17, 15) is 4.79 Å². The molecule has 1 aromatic carbocycles. The van der Waals surface area contributed by atoms with E-state index in [1.807, 2.05) is 30.3 Å². The van der Waals surface area contributed by atoms with Gasteiger partial charge in [-0.2, -0.15) is 4.37 Å². The first-order valence-corrected chi connectivity index (χ1v) is 5.57. The summed E-state index contributed by atoms with van der Waals surface area (Å²) in [5.41, 5.74) is 2.28. The van der Waals surface area contributed by atoms with Crippen molar-refractivity contribution in [3.63, 3.8) is 0 Å². The first-order chi connectivity index (χ1) is 7.81. The molecule has 1 aromatic heterocycles. The van der Waals surface area contributed by atoms with Gasteiger partial charge in [-0.1, -0.05) is 30.3 Å². The monoisotopic (exact) mass is 232 g/mol. The standard InChI is InChI=1S/C12H10NO2S/c1-15-12(14)10-8-16-13-11(10)7-9-5-3-2-4-6-9/h2-6H,7H2,1H3. The normalized spacial score (nSPS) is 10.1. The third-order valence-electron chi connectivity index (χ3n) is 2.20. The third kappa shape index (κ3) is 2.28. The second kappa shape index (κ2) is 4.90. The Morgan fingerprint density at radius 3 is 2.88 bits per heavy atom. The van der Waals surface area contributed by atoms with Crippen LogP contribution in [0.5, 0.6) is 0 Å².